The predicted octanol–water partition coefficient (Wildman–Crippen LogP) is 13.4. The Morgan fingerprint density at radius 3 is 1.22 bits per heavy atom. The van der Waals surface area contributed by atoms with Crippen molar-refractivity contribution in [2.75, 3.05) is 0 Å². The first-order chi connectivity index (χ1) is 25.3. The lowest BCUT2D eigenvalue weighted by Crippen LogP contribution is -2.28. The zero-order chi connectivity index (χ0) is 33.8. The van der Waals surface area contributed by atoms with Gasteiger partial charge in [0.25, 0.3) is 0 Å². The second-order valence-electron chi connectivity index (χ2n) is 13.7. The third kappa shape index (κ3) is 4.76. The van der Waals surface area contributed by atoms with Crippen LogP contribution >= 0.6 is 0 Å². The largest absolute Gasteiger partial charge is 0.0713 e. The molecule has 9 aromatic carbocycles. The van der Waals surface area contributed by atoms with E-state index < -0.39 is 5.41 Å². The minimum atomic E-state index is -0.443. The molecule has 0 bridgehead atoms. The Morgan fingerprint density at radius 2 is 0.667 bits per heavy atom. The SMILES string of the molecule is c1ccc(C2(c3cccc(-c4cc(-c5ccc6ccccc6c5)cc(-c5ccc6ccccc6c5)c4)c3)c3ccccc3-c3ccccc32)cc1. The second kappa shape index (κ2) is 11.8. The molecule has 9 aromatic rings. The predicted molar refractivity (Wildman–Crippen MR) is 215 cm³/mol. The van der Waals surface area contributed by atoms with E-state index in [4.69, 9.17) is 0 Å². The summed E-state index contributed by atoms with van der Waals surface area (Å²) in [6, 6.07) is 76.3. The Morgan fingerprint density at radius 1 is 0.235 bits per heavy atom. The van der Waals surface area contributed by atoms with Crippen molar-refractivity contribution in [3.8, 4) is 44.5 Å². The molecule has 0 nitrogen and oxygen atoms in total. The Labute approximate surface area is 298 Å². The van der Waals surface area contributed by atoms with Gasteiger partial charge in [0, 0.05) is 0 Å². The first-order valence-corrected chi connectivity index (χ1v) is 17.7. The first kappa shape index (κ1) is 29.4. The van der Waals surface area contributed by atoms with E-state index in [1.807, 2.05) is 0 Å². The van der Waals surface area contributed by atoms with Gasteiger partial charge in [-0.25, -0.2) is 0 Å². The van der Waals surface area contributed by atoms with Gasteiger partial charge in [-0.3, -0.25) is 0 Å². The van der Waals surface area contributed by atoms with Crippen LogP contribution in [-0.2, 0) is 5.41 Å². The molecule has 238 valence electrons. The van der Waals surface area contributed by atoms with E-state index in [0.717, 1.165) is 0 Å². The van der Waals surface area contributed by atoms with E-state index in [0.29, 0.717) is 0 Å². The van der Waals surface area contributed by atoms with Crippen LogP contribution in [0.4, 0.5) is 0 Å². The van der Waals surface area contributed by atoms with Crippen molar-refractivity contribution in [1.82, 2.24) is 0 Å². The molecule has 1 aliphatic rings. The van der Waals surface area contributed by atoms with Gasteiger partial charge in [0.2, 0.25) is 0 Å². The summed E-state index contributed by atoms with van der Waals surface area (Å²) in [7, 11) is 0. The molecule has 0 aromatic heterocycles. The fraction of sp³-hybridized carbons (Fsp3) is 0.0196. The zero-order valence-corrected chi connectivity index (χ0v) is 28.1. The number of benzene rings is 9. The molecule has 0 heterocycles. The Balaban J connectivity index is 1.21. The fourth-order valence-corrected chi connectivity index (χ4v) is 8.51. The zero-order valence-electron chi connectivity index (χ0n) is 28.1. The summed E-state index contributed by atoms with van der Waals surface area (Å²) >= 11 is 0. The molecule has 0 N–H and O–H groups in total. The lowest BCUT2D eigenvalue weighted by atomic mass is 9.67. The third-order valence-corrected chi connectivity index (χ3v) is 10.9. The maximum Gasteiger partial charge on any atom is 0.0713 e. The number of hydrogen-bond donors (Lipinski definition) is 0. The van der Waals surface area contributed by atoms with Gasteiger partial charge in [-0.05, 0) is 125 Å². The molecule has 0 amide bonds. The molecule has 1 aliphatic carbocycles. The standard InChI is InChI=1S/C51H34/c1-2-18-45(19-3-1)51(49-23-10-8-21-47(49)48-22-9-11-24-50(48)51)46-20-12-17-39(34-46)42-31-43(40-27-25-35-13-4-6-15-37(35)29-40)33-44(32-42)41-28-26-36-14-5-7-16-38(36)30-41/h1-34H. The number of fused-ring (bicyclic) bond motifs is 5. The van der Waals surface area contributed by atoms with Crippen LogP contribution in [0.2, 0.25) is 0 Å². The minimum Gasteiger partial charge on any atom is -0.0622 e. The molecular weight excluding hydrogens is 613 g/mol. The third-order valence-electron chi connectivity index (χ3n) is 10.9. The highest BCUT2D eigenvalue weighted by Crippen LogP contribution is 2.56. The Bertz CT molecular complexity index is 2610. The highest BCUT2D eigenvalue weighted by Gasteiger charge is 2.45. The summed E-state index contributed by atoms with van der Waals surface area (Å²) in [5.41, 5.74) is 14.6. The number of hydrogen-bond acceptors (Lipinski definition) is 0. The van der Waals surface area contributed by atoms with Crippen LogP contribution in [0, 0.1) is 0 Å². The van der Waals surface area contributed by atoms with Crippen molar-refractivity contribution >= 4 is 21.5 Å². The van der Waals surface area contributed by atoms with Crippen LogP contribution < -0.4 is 0 Å². The average molecular weight is 647 g/mol. The maximum atomic E-state index is 2.44. The van der Waals surface area contributed by atoms with E-state index in [2.05, 4.69) is 206 Å². The van der Waals surface area contributed by atoms with Gasteiger partial charge in [-0.1, -0.05) is 170 Å². The van der Waals surface area contributed by atoms with Crippen molar-refractivity contribution in [2.24, 2.45) is 0 Å². The van der Waals surface area contributed by atoms with Crippen molar-refractivity contribution in [1.29, 1.82) is 0 Å². The van der Waals surface area contributed by atoms with Crippen molar-refractivity contribution in [3.63, 3.8) is 0 Å². The molecule has 0 saturated heterocycles. The summed E-state index contributed by atoms with van der Waals surface area (Å²) in [5, 5.41) is 5.00. The van der Waals surface area contributed by atoms with Crippen LogP contribution in [0.3, 0.4) is 0 Å². The van der Waals surface area contributed by atoms with Gasteiger partial charge in [-0.15, -0.1) is 0 Å². The molecule has 0 spiro atoms. The summed E-state index contributed by atoms with van der Waals surface area (Å²) in [4.78, 5) is 0. The maximum absolute atomic E-state index is 2.44. The Kier molecular flexibility index (Phi) is 6.82. The highest BCUT2D eigenvalue weighted by molar-refractivity contribution is 5.92. The highest BCUT2D eigenvalue weighted by atomic mass is 14.5. The molecule has 0 radical (unpaired) electrons. The van der Waals surface area contributed by atoms with E-state index in [1.54, 1.807) is 0 Å². The molecule has 0 aliphatic heterocycles. The molecule has 0 fully saturated rings. The summed E-state index contributed by atoms with van der Waals surface area (Å²) in [5.74, 6) is 0. The van der Waals surface area contributed by atoms with Crippen molar-refractivity contribution in [3.05, 3.63) is 229 Å². The van der Waals surface area contributed by atoms with E-state index >= 15 is 0 Å². The molecule has 10 rings (SSSR count). The smallest absolute Gasteiger partial charge is 0.0622 e. The fourth-order valence-electron chi connectivity index (χ4n) is 8.51. The van der Waals surface area contributed by atoms with Gasteiger partial charge in [0.05, 0.1) is 5.41 Å². The van der Waals surface area contributed by atoms with Gasteiger partial charge < -0.3 is 0 Å². The lowest BCUT2D eigenvalue weighted by Gasteiger charge is -2.34. The summed E-state index contributed by atoms with van der Waals surface area (Å²) in [6.45, 7) is 0. The first-order valence-electron chi connectivity index (χ1n) is 17.7. The van der Waals surface area contributed by atoms with Gasteiger partial charge in [-0.2, -0.15) is 0 Å². The van der Waals surface area contributed by atoms with Gasteiger partial charge in [0.1, 0.15) is 0 Å². The van der Waals surface area contributed by atoms with Crippen LogP contribution in [0.5, 0.6) is 0 Å². The van der Waals surface area contributed by atoms with E-state index in [9.17, 15) is 0 Å². The molecular formula is C51H34. The normalized spacial score (nSPS) is 12.9. The minimum absolute atomic E-state index is 0.443. The molecule has 0 unspecified atom stereocenters. The number of rotatable bonds is 5. The summed E-state index contributed by atoms with van der Waals surface area (Å²) in [6.07, 6.45) is 0. The quantitative estimate of drug-likeness (QED) is 0.175. The average Bonchev–Trinajstić information content (AvgIpc) is 3.52. The van der Waals surface area contributed by atoms with Crippen LogP contribution in [0.25, 0.3) is 66.1 Å². The van der Waals surface area contributed by atoms with Crippen molar-refractivity contribution < 1.29 is 0 Å². The molecule has 51 heavy (non-hydrogen) atoms. The molecule has 0 saturated carbocycles. The van der Waals surface area contributed by atoms with Gasteiger partial charge in [0.15, 0.2) is 0 Å². The van der Waals surface area contributed by atoms with Crippen molar-refractivity contribution in [2.45, 2.75) is 5.41 Å². The second-order valence-corrected chi connectivity index (χ2v) is 13.7. The van der Waals surface area contributed by atoms with Crippen LogP contribution in [-0.4, -0.2) is 0 Å². The van der Waals surface area contributed by atoms with Crippen LogP contribution in [0.1, 0.15) is 22.3 Å². The summed E-state index contributed by atoms with van der Waals surface area (Å²) < 4.78 is 0. The van der Waals surface area contributed by atoms with E-state index in [1.165, 1.54) is 88.3 Å². The van der Waals surface area contributed by atoms with Gasteiger partial charge >= 0.3 is 0 Å². The Hall–Kier alpha value is -6.50. The van der Waals surface area contributed by atoms with E-state index in [-0.39, 0.29) is 0 Å². The lowest BCUT2D eigenvalue weighted by molar-refractivity contribution is 0.769. The molecule has 0 heteroatoms. The topological polar surface area (TPSA) is 0 Å². The van der Waals surface area contributed by atoms with Crippen LogP contribution in [0.15, 0.2) is 206 Å². The monoisotopic (exact) mass is 646 g/mol. The molecule has 0 atom stereocenters.